The molecule has 0 unspecified atom stereocenters. The molecule has 0 spiro atoms. The number of hydrogen-bond acceptors (Lipinski definition) is 4. The summed E-state index contributed by atoms with van der Waals surface area (Å²) >= 11 is 7.95. The minimum absolute atomic E-state index is 0.0325. The molecule has 0 aliphatic rings. The zero-order valence-electron chi connectivity index (χ0n) is 12.2. The molecule has 0 atom stereocenters. The highest BCUT2D eigenvalue weighted by Gasteiger charge is 2.15. The zero-order valence-corrected chi connectivity index (χ0v) is 15.1. The molecule has 0 bridgehead atoms. The van der Waals surface area contributed by atoms with Gasteiger partial charge in [0.15, 0.2) is 0 Å². The van der Waals surface area contributed by atoms with Gasteiger partial charge in [-0.1, -0.05) is 41.9 Å². The van der Waals surface area contributed by atoms with Crippen LogP contribution in [-0.4, -0.2) is 22.2 Å². The molecule has 2 rings (SSSR count). The van der Waals surface area contributed by atoms with E-state index in [0.717, 1.165) is 5.56 Å². The first-order valence-electron chi connectivity index (χ1n) is 6.70. The Morgan fingerprint density at radius 3 is 2.62 bits per heavy atom. The van der Waals surface area contributed by atoms with Gasteiger partial charge in [-0.2, -0.15) is 0 Å². The second kappa shape index (κ2) is 8.65. The van der Waals surface area contributed by atoms with Crippen LogP contribution in [0.25, 0.3) is 6.08 Å². The van der Waals surface area contributed by atoms with E-state index in [1.807, 2.05) is 40.8 Å². The van der Waals surface area contributed by atoms with Crippen molar-refractivity contribution in [3.8, 4) is 0 Å². The van der Waals surface area contributed by atoms with Gasteiger partial charge in [-0.3, -0.25) is 5.32 Å². The molecule has 0 radical (unpaired) electrons. The van der Waals surface area contributed by atoms with Crippen LogP contribution in [0.3, 0.4) is 0 Å². The average Bonchev–Trinajstić information content (AvgIpc) is 2.56. The summed E-state index contributed by atoms with van der Waals surface area (Å²) in [7, 11) is 0. The van der Waals surface area contributed by atoms with Crippen molar-refractivity contribution in [3.63, 3.8) is 0 Å². The molecule has 0 aliphatic heterocycles. The number of aliphatic carboxylic acids is 1. The van der Waals surface area contributed by atoms with E-state index < -0.39 is 12.1 Å². The molecule has 8 heteroatoms. The van der Waals surface area contributed by atoms with Crippen LogP contribution in [0.4, 0.5) is 4.79 Å². The number of benzene rings is 1. The van der Waals surface area contributed by atoms with Crippen LogP contribution in [0, 0.1) is 3.57 Å². The molecule has 1 aromatic carbocycles. The fourth-order valence-electron chi connectivity index (χ4n) is 1.72. The highest BCUT2D eigenvalue weighted by atomic mass is 127. The summed E-state index contributed by atoms with van der Waals surface area (Å²) in [5.74, 6) is -1.32. The van der Waals surface area contributed by atoms with Gasteiger partial charge in [0.2, 0.25) is 0 Å². The molecular formula is C16H12ClIN2O4. The van der Waals surface area contributed by atoms with Crippen molar-refractivity contribution in [1.82, 2.24) is 10.3 Å². The Morgan fingerprint density at radius 1 is 1.29 bits per heavy atom. The first kappa shape index (κ1) is 18.2. The number of amides is 1. The lowest BCUT2D eigenvalue weighted by Gasteiger charge is -2.08. The number of nitrogens with one attached hydrogen (secondary N) is 1. The second-order valence-corrected chi connectivity index (χ2v) is 6.07. The standard InChI is InChI=1S/C16H12ClIN2O4/c17-14-11(12(18)6-7-19-14)8-13(15(21)22)20-16(23)24-9-10-4-2-1-3-5-10/h1-8H,9H2,(H,20,23)(H,21,22)/b13-8+. The van der Waals surface area contributed by atoms with Crippen LogP contribution >= 0.6 is 34.2 Å². The van der Waals surface area contributed by atoms with Gasteiger partial charge in [-0.15, -0.1) is 0 Å². The Bertz CT molecular complexity index is 761. The Balaban J connectivity index is 2.10. The van der Waals surface area contributed by atoms with Gasteiger partial charge in [-0.05, 0) is 40.3 Å². The van der Waals surface area contributed by atoms with E-state index in [-0.39, 0.29) is 17.5 Å². The normalized spacial score (nSPS) is 11.0. The zero-order chi connectivity index (χ0) is 17.5. The quantitative estimate of drug-likeness (QED) is 0.405. The molecule has 0 saturated heterocycles. The highest BCUT2D eigenvalue weighted by Crippen LogP contribution is 2.21. The van der Waals surface area contributed by atoms with Crippen LogP contribution in [-0.2, 0) is 16.1 Å². The molecule has 1 heterocycles. The van der Waals surface area contributed by atoms with E-state index in [1.165, 1.54) is 12.3 Å². The molecular weight excluding hydrogens is 447 g/mol. The predicted octanol–water partition coefficient (Wildman–Crippen LogP) is 3.69. The first-order chi connectivity index (χ1) is 11.5. The maximum absolute atomic E-state index is 11.8. The fraction of sp³-hybridized carbons (Fsp3) is 0.0625. The van der Waals surface area contributed by atoms with Gasteiger partial charge >= 0.3 is 12.1 Å². The van der Waals surface area contributed by atoms with Gasteiger partial charge < -0.3 is 9.84 Å². The molecule has 6 nitrogen and oxygen atoms in total. The number of rotatable bonds is 5. The van der Waals surface area contributed by atoms with Crippen molar-refractivity contribution in [2.45, 2.75) is 6.61 Å². The number of carboxylic acid groups (broad SMARTS) is 1. The summed E-state index contributed by atoms with van der Waals surface area (Å²) in [6.45, 7) is 0.0325. The number of alkyl carbamates (subject to hydrolysis) is 1. The van der Waals surface area contributed by atoms with Crippen LogP contribution in [0.15, 0.2) is 48.3 Å². The second-order valence-electron chi connectivity index (χ2n) is 4.55. The number of aromatic nitrogens is 1. The van der Waals surface area contributed by atoms with Gasteiger partial charge in [-0.25, -0.2) is 14.6 Å². The van der Waals surface area contributed by atoms with E-state index in [2.05, 4.69) is 10.3 Å². The van der Waals surface area contributed by atoms with Crippen molar-refractivity contribution >= 4 is 52.3 Å². The molecule has 0 aliphatic carbocycles. The summed E-state index contributed by atoms with van der Waals surface area (Å²) in [4.78, 5) is 27.0. The molecule has 0 fully saturated rings. The summed E-state index contributed by atoms with van der Waals surface area (Å²) in [5, 5.41) is 11.6. The summed E-state index contributed by atoms with van der Waals surface area (Å²) in [5.41, 5.74) is 0.833. The lowest BCUT2D eigenvalue weighted by molar-refractivity contribution is -0.132. The van der Waals surface area contributed by atoms with Gasteiger partial charge in [0.25, 0.3) is 0 Å². The van der Waals surface area contributed by atoms with Crippen molar-refractivity contribution < 1.29 is 19.4 Å². The average molecular weight is 459 g/mol. The molecule has 2 aromatic rings. The molecule has 0 saturated carbocycles. The lowest BCUT2D eigenvalue weighted by Crippen LogP contribution is -2.27. The van der Waals surface area contributed by atoms with Crippen LogP contribution in [0.5, 0.6) is 0 Å². The highest BCUT2D eigenvalue weighted by molar-refractivity contribution is 14.1. The molecule has 24 heavy (non-hydrogen) atoms. The maximum atomic E-state index is 11.8. The maximum Gasteiger partial charge on any atom is 0.412 e. The molecule has 2 N–H and O–H groups in total. The Morgan fingerprint density at radius 2 is 2.00 bits per heavy atom. The Labute approximate surface area is 156 Å². The smallest absolute Gasteiger partial charge is 0.412 e. The lowest BCUT2D eigenvalue weighted by atomic mass is 10.2. The fourth-order valence-corrected chi connectivity index (χ4v) is 2.66. The molecule has 124 valence electrons. The van der Waals surface area contributed by atoms with Gasteiger partial charge in [0.1, 0.15) is 17.5 Å². The number of halogens is 2. The number of carbonyl (C=O) groups excluding carboxylic acids is 1. The van der Waals surface area contributed by atoms with E-state index in [0.29, 0.717) is 9.13 Å². The third kappa shape index (κ3) is 5.20. The number of hydrogen-bond donors (Lipinski definition) is 2. The third-order valence-corrected chi connectivity index (χ3v) is 4.10. The van der Waals surface area contributed by atoms with Crippen LogP contribution in [0.1, 0.15) is 11.1 Å². The predicted molar refractivity (Wildman–Crippen MR) is 97.3 cm³/mol. The van der Waals surface area contributed by atoms with E-state index in [4.69, 9.17) is 16.3 Å². The SMILES string of the molecule is O=C(N/C(=C/c1c(I)ccnc1Cl)C(=O)O)OCc1ccccc1. The van der Waals surface area contributed by atoms with Crippen LogP contribution < -0.4 is 5.32 Å². The van der Waals surface area contributed by atoms with Gasteiger partial charge in [0.05, 0.1) is 0 Å². The minimum Gasteiger partial charge on any atom is -0.477 e. The Hall–Kier alpha value is -2.13. The summed E-state index contributed by atoms with van der Waals surface area (Å²) < 4.78 is 5.70. The third-order valence-electron chi connectivity index (χ3n) is 2.86. The summed E-state index contributed by atoms with van der Waals surface area (Å²) in [6.07, 6.45) is 1.87. The van der Waals surface area contributed by atoms with Crippen molar-refractivity contribution in [3.05, 3.63) is 68.1 Å². The first-order valence-corrected chi connectivity index (χ1v) is 8.15. The minimum atomic E-state index is -1.32. The van der Waals surface area contributed by atoms with E-state index in [9.17, 15) is 14.7 Å². The molecule has 1 amide bonds. The largest absolute Gasteiger partial charge is 0.477 e. The monoisotopic (exact) mass is 458 g/mol. The van der Waals surface area contributed by atoms with Crippen molar-refractivity contribution in [1.29, 1.82) is 0 Å². The summed E-state index contributed by atoms with van der Waals surface area (Å²) in [6, 6.07) is 10.7. The van der Waals surface area contributed by atoms with Gasteiger partial charge in [0, 0.05) is 15.3 Å². The number of nitrogens with zero attached hydrogens (tertiary/aromatic N) is 1. The molecule has 1 aromatic heterocycles. The number of carboxylic acids is 1. The number of carbonyl (C=O) groups is 2. The Kier molecular flexibility index (Phi) is 6.56. The van der Waals surface area contributed by atoms with Crippen molar-refractivity contribution in [2.75, 3.05) is 0 Å². The van der Waals surface area contributed by atoms with E-state index >= 15 is 0 Å². The number of pyridine rings is 1. The van der Waals surface area contributed by atoms with E-state index in [1.54, 1.807) is 18.2 Å². The number of ether oxygens (including phenoxy) is 1. The van der Waals surface area contributed by atoms with Crippen molar-refractivity contribution in [2.24, 2.45) is 0 Å². The van der Waals surface area contributed by atoms with Crippen LogP contribution in [0.2, 0.25) is 5.15 Å². The topological polar surface area (TPSA) is 88.5 Å².